The molecular weight excluding hydrogens is 356 g/mol. The van der Waals surface area contributed by atoms with E-state index in [1.807, 2.05) is 32.0 Å². The minimum Gasteiger partial charge on any atom is -0.493 e. The van der Waals surface area contributed by atoms with Crippen LogP contribution in [0.5, 0.6) is 17.4 Å². The first-order chi connectivity index (χ1) is 13.2. The topological polar surface area (TPSA) is 106 Å². The monoisotopic (exact) mass is 382 g/mol. The SMILES string of the molecule is COc1cc([C@@H]2C(C#N)=C(N)Oc3n[nH]c(C(C)(C)C)c32)ccc1OC(C)C. The zero-order valence-electron chi connectivity index (χ0n) is 17.1. The van der Waals surface area contributed by atoms with Crippen molar-refractivity contribution in [2.24, 2.45) is 5.73 Å². The summed E-state index contributed by atoms with van der Waals surface area (Å²) in [5, 5.41) is 17.2. The van der Waals surface area contributed by atoms with Crippen molar-refractivity contribution in [1.29, 1.82) is 5.26 Å². The summed E-state index contributed by atoms with van der Waals surface area (Å²) in [6, 6.07) is 7.86. The Morgan fingerprint density at radius 2 is 2.00 bits per heavy atom. The van der Waals surface area contributed by atoms with Crippen LogP contribution in [0.3, 0.4) is 0 Å². The number of nitrogens with two attached hydrogens (primary N) is 1. The highest BCUT2D eigenvalue weighted by atomic mass is 16.5. The number of ether oxygens (including phenoxy) is 3. The van der Waals surface area contributed by atoms with Crippen LogP contribution in [0.4, 0.5) is 0 Å². The first kappa shape index (κ1) is 19.6. The number of nitrogens with one attached hydrogen (secondary N) is 1. The first-order valence-corrected chi connectivity index (χ1v) is 9.18. The minimum atomic E-state index is -0.413. The molecule has 1 aromatic heterocycles. The van der Waals surface area contributed by atoms with E-state index in [2.05, 4.69) is 37.0 Å². The average Bonchev–Trinajstić information content (AvgIpc) is 3.04. The third-order valence-corrected chi connectivity index (χ3v) is 4.57. The van der Waals surface area contributed by atoms with Gasteiger partial charge in [0.2, 0.25) is 11.8 Å². The minimum absolute atomic E-state index is 0.0148. The quantitative estimate of drug-likeness (QED) is 0.835. The Kier molecular flexibility index (Phi) is 4.99. The second-order valence-electron chi connectivity index (χ2n) is 8.07. The molecule has 2 heterocycles. The summed E-state index contributed by atoms with van der Waals surface area (Å²) < 4.78 is 17.0. The lowest BCUT2D eigenvalue weighted by molar-refractivity contribution is 0.230. The fourth-order valence-corrected chi connectivity index (χ4v) is 3.37. The molecule has 0 saturated carbocycles. The number of hydrogen-bond acceptors (Lipinski definition) is 6. The predicted molar refractivity (Wildman–Crippen MR) is 105 cm³/mol. The second-order valence-corrected chi connectivity index (χ2v) is 8.07. The number of benzene rings is 1. The van der Waals surface area contributed by atoms with E-state index in [0.717, 1.165) is 16.8 Å². The maximum Gasteiger partial charge on any atom is 0.244 e. The number of H-pyrrole nitrogens is 1. The molecule has 0 fully saturated rings. The Hall–Kier alpha value is -3.14. The number of nitriles is 1. The average molecular weight is 382 g/mol. The first-order valence-electron chi connectivity index (χ1n) is 9.18. The number of fused-ring (bicyclic) bond motifs is 1. The van der Waals surface area contributed by atoms with Crippen LogP contribution in [0.15, 0.2) is 29.7 Å². The predicted octanol–water partition coefficient (Wildman–Crippen LogP) is 3.72. The molecule has 7 nitrogen and oxygen atoms in total. The summed E-state index contributed by atoms with van der Waals surface area (Å²) in [5.41, 5.74) is 8.73. The maximum absolute atomic E-state index is 9.80. The van der Waals surface area contributed by atoms with Gasteiger partial charge in [-0.2, -0.15) is 5.26 Å². The van der Waals surface area contributed by atoms with Gasteiger partial charge in [-0.25, -0.2) is 0 Å². The van der Waals surface area contributed by atoms with Crippen molar-refractivity contribution >= 4 is 0 Å². The van der Waals surface area contributed by atoms with E-state index in [0.29, 0.717) is 23.0 Å². The molecule has 0 unspecified atom stereocenters. The van der Waals surface area contributed by atoms with Gasteiger partial charge >= 0.3 is 0 Å². The third-order valence-electron chi connectivity index (χ3n) is 4.57. The van der Waals surface area contributed by atoms with E-state index >= 15 is 0 Å². The lowest BCUT2D eigenvalue weighted by Crippen LogP contribution is -2.24. The fourth-order valence-electron chi connectivity index (χ4n) is 3.37. The zero-order chi connectivity index (χ0) is 20.6. The van der Waals surface area contributed by atoms with E-state index in [9.17, 15) is 5.26 Å². The Bertz CT molecular complexity index is 961. The van der Waals surface area contributed by atoms with Crippen LogP contribution in [0, 0.1) is 11.3 Å². The molecule has 0 spiro atoms. The van der Waals surface area contributed by atoms with Gasteiger partial charge in [-0.05, 0) is 31.5 Å². The molecule has 1 aromatic carbocycles. The summed E-state index contributed by atoms with van der Waals surface area (Å²) in [6.45, 7) is 10.1. The molecule has 0 aliphatic carbocycles. The molecule has 1 atom stereocenters. The van der Waals surface area contributed by atoms with E-state index in [-0.39, 0.29) is 17.4 Å². The number of aromatic nitrogens is 2. The molecule has 148 valence electrons. The molecule has 1 aliphatic rings. The Labute approximate surface area is 165 Å². The van der Waals surface area contributed by atoms with Gasteiger partial charge < -0.3 is 19.9 Å². The zero-order valence-corrected chi connectivity index (χ0v) is 17.1. The molecule has 1 aliphatic heterocycles. The summed E-state index contributed by atoms with van der Waals surface area (Å²) in [6.07, 6.45) is 0.0148. The van der Waals surface area contributed by atoms with Gasteiger partial charge in [-0.1, -0.05) is 26.8 Å². The van der Waals surface area contributed by atoms with Gasteiger partial charge in [0.05, 0.1) is 24.7 Å². The van der Waals surface area contributed by atoms with Crippen LogP contribution in [0.1, 0.15) is 57.4 Å². The van der Waals surface area contributed by atoms with Crippen LogP contribution in [-0.2, 0) is 5.41 Å². The highest BCUT2D eigenvalue weighted by Crippen LogP contribution is 2.46. The molecule has 0 radical (unpaired) electrons. The van der Waals surface area contributed by atoms with Crippen LogP contribution < -0.4 is 19.9 Å². The van der Waals surface area contributed by atoms with Crippen LogP contribution in [0.2, 0.25) is 0 Å². The van der Waals surface area contributed by atoms with Gasteiger partial charge in [0.25, 0.3) is 0 Å². The number of rotatable bonds is 4. The molecule has 7 heteroatoms. The van der Waals surface area contributed by atoms with Crippen molar-refractivity contribution in [2.75, 3.05) is 7.11 Å². The van der Waals surface area contributed by atoms with Crippen molar-refractivity contribution in [3.05, 3.63) is 46.5 Å². The summed E-state index contributed by atoms with van der Waals surface area (Å²) >= 11 is 0. The van der Waals surface area contributed by atoms with Gasteiger partial charge in [0.1, 0.15) is 11.6 Å². The molecule has 3 N–H and O–H groups in total. The van der Waals surface area contributed by atoms with Crippen molar-refractivity contribution in [3.8, 4) is 23.4 Å². The van der Waals surface area contributed by atoms with Crippen LogP contribution in [-0.4, -0.2) is 23.4 Å². The van der Waals surface area contributed by atoms with Gasteiger partial charge in [-0.3, -0.25) is 5.10 Å². The normalized spacial score (nSPS) is 16.4. The summed E-state index contributed by atoms with van der Waals surface area (Å²) in [4.78, 5) is 0. The number of allylic oxidation sites excluding steroid dienone is 1. The van der Waals surface area contributed by atoms with Crippen molar-refractivity contribution < 1.29 is 14.2 Å². The molecule has 3 rings (SSSR count). The number of nitrogens with zero attached hydrogens (tertiary/aromatic N) is 2. The van der Waals surface area contributed by atoms with E-state index in [4.69, 9.17) is 19.9 Å². The summed E-state index contributed by atoms with van der Waals surface area (Å²) in [5.74, 6) is 1.29. The Morgan fingerprint density at radius 1 is 1.29 bits per heavy atom. The molecule has 0 saturated heterocycles. The number of hydrogen-bond donors (Lipinski definition) is 2. The van der Waals surface area contributed by atoms with E-state index in [1.54, 1.807) is 7.11 Å². The molecule has 2 aromatic rings. The van der Waals surface area contributed by atoms with Gasteiger partial charge in [0, 0.05) is 11.1 Å². The van der Waals surface area contributed by atoms with Crippen LogP contribution >= 0.6 is 0 Å². The van der Waals surface area contributed by atoms with Gasteiger partial charge in [0.15, 0.2) is 11.5 Å². The third kappa shape index (κ3) is 3.38. The van der Waals surface area contributed by atoms with Crippen molar-refractivity contribution in [2.45, 2.75) is 52.1 Å². The lowest BCUT2D eigenvalue weighted by atomic mass is 9.79. The molecule has 0 amide bonds. The standard InChI is InChI=1S/C21H26N4O3/c1-11(2)27-14-8-7-12(9-15(14)26-6)16-13(10-22)19(23)28-20-17(16)18(24-25-20)21(3,4)5/h7-9,11,16H,23H2,1-6H3,(H,24,25)/t16-/m1/s1. The van der Waals surface area contributed by atoms with E-state index in [1.165, 1.54) is 0 Å². The smallest absolute Gasteiger partial charge is 0.244 e. The maximum atomic E-state index is 9.80. The molecule has 28 heavy (non-hydrogen) atoms. The Morgan fingerprint density at radius 3 is 2.57 bits per heavy atom. The summed E-state index contributed by atoms with van der Waals surface area (Å²) in [7, 11) is 1.59. The van der Waals surface area contributed by atoms with Crippen LogP contribution in [0.25, 0.3) is 0 Å². The second kappa shape index (κ2) is 7.12. The lowest BCUT2D eigenvalue weighted by Gasteiger charge is -2.28. The largest absolute Gasteiger partial charge is 0.493 e. The van der Waals surface area contributed by atoms with Crippen molar-refractivity contribution in [1.82, 2.24) is 10.2 Å². The Balaban J connectivity index is 2.20. The fraction of sp³-hybridized carbons (Fsp3) is 0.429. The number of aromatic amines is 1. The number of methoxy groups -OCH3 is 1. The highest BCUT2D eigenvalue weighted by Gasteiger charge is 2.38. The van der Waals surface area contributed by atoms with E-state index < -0.39 is 5.92 Å². The highest BCUT2D eigenvalue weighted by molar-refractivity contribution is 5.58. The van der Waals surface area contributed by atoms with Crippen molar-refractivity contribution in [3.63, 3.8) is 0 Å². The molecule has 0 bridgehead atoms. The molecular formula is C21H26N4O3. The van der Waals surface area contributed by atoms with Gasteiger partial charge in [-0.15, -0.1) is 5.10 Å².